The molecule has 134 valence electrons. The van der Waals surface area contributed by atoms with Crippen molar-refractivity contribution in [1.29, 1.82) is 0 Å². The molecule has 1 rings (SSSR count). The van der Waals surface area contributed by atoms with Crippen LogP contribution in [0.4, 0.5) is 0 Å². The number of amides is 2. The van der Waals surface area contributed by atoms with Crippen molar-refractivity contribution in [2.24, 2.45) is 5.92 Å². The molecule has 1 unspecified atom stereocenters. The average molecular weight is 334 g/mol. The maximum absolute atomic E-state index is 12.8. The topological polar surface area (TPSA) is 58.6 Å². The Morgan fingerprint density at radius 3 is 2.04 bits per heavy atom. The van der Waals surface area contributed by atoms with E-state index in [9.17, 15) is 9.59 Å². The molecular formula is C19H30N2O3. The van der Waals surface area contributed by atoms with E-state index in [4.69, 9.17) is 4.74 Å². The molecule has 0 bridgehead atoms. The lowest BCUT2D eigenvalue weighted by atomic mass is 10.0. The average Bonchev–Trinajstić information content (AvgIpc) is 2.58. The molecule has 24 heavy (non-hydrogen) atoms. The van der Waals surface area contributed by atoms with Gasteiger partial charge in [-0.2, -0.15) is 0 Å². The van der Waals surface area contributed by atoms with Crippen LogP contribution in [0.15, 0.2) is 24.3 Å². The number of nitrogens with one attached hydrogen (secondary N) is 1. The summed E-state index contributed by atoms with van der Waals surface area (Å²) in [6.45, 7) is 9.44. The summed E-state index contributed by atoms with van der Waals surface area (Å²) in [5.41, 5.74) is 0.520. The zero-order chi connectivity index (χ0) is 18.1. The molecule has 0 saturated heterocycles. The van der Waals surface area contributed by atoms with Crippen LogP contribution < -0.4 is 10.1 Å². The Labute approximate surface area is 145 Å². The fourth-order valence-electron chi connectivity index (χ4n) is 2.55. The number of nitrogens with zero attached hydrogens (tertiary/aromatic N) is 1. The largest absolute Gasteiger partial charge is 0.497 e. The Bertz CT molecular complexity index is 520. The molecule has 1 aromatic carbocycles. The normalized spacial score (nSPS) is 11.9. The summed E-state index contributed by atoms with van der Waals surface area (Å²) >= 11 is 0. The van der Waals surface area contributed by atoms with Gasteiger partial charge in [-0.15, -0.1) is 0 Å². The third kappa shape index (κ3) is 5.55. The van der Waals surface area contributed by atoms with Gasteiger partial charge in [0.1, 0.15) is 11.8 Å². The maximum Gasteiger partial charge on any atom is 0.251 e. The van der Waals surface area contributed by atoms with Crippen LogP contribution in [-0.4, -0.2) is 43.0 Å². The van der Waals surface area contributed by atoms with Crippen LogP contribution in [0.3, 0.4) is 0 Å². The van der Waals surface area contributed by atoms with E-state index < -0.39 is 6.04 Å². The lowest BCUT2D eigenvalue weighted by Crippen LogP contribution is -2.51. The summed E-state index contributed by atoms with van der Waals surface area (Å²) in [6.07, 6.45) is 1.81. The predicted octanol–water partition coefficient (Wildman–Crippen LogP) is 3.10. The van der Waals surface area contributed by atoms with E-state index in [1.54, 1.807) is 31.4 Å². The second-order valence-corrected chi connectivity index (χ2v) is 6.25. The summed E-state index contributed by atoms with van der Waals surface area (Å²) in [5, 5.41) is 2.90. The van der Waals surface area contributed by atoms with E-state index in [0.29, 0.717) is 24.4 Å². The van der Waals surface area contributed by atoms with E-state index in [0.717, 1.165) is 12.8 Å². The van der Waals surface area contributed by atoms with Crippen molar-refractivity contribution in [2.75, 3.05) is 20.2 Å². The van der Waals surface area contributed by atoms with Crippen molar-refractivity contribution in [3.8, 4) is 5.75 Å². The molecule has 0 radical (unpaired) electrons. The molecule has 0 aliphatic heterocycles. The van der Waals surface area contributed by atoms with Gasteiger partial charge in [-0.3, -0.25) is 9.59 Å². The van der Waals surface area contributed by atoms with Gasteiger partial charge in [-0.1, -0.05) is 27.7 Å². The van der Waals surface area contributed by atoms with Gasteiger partial charge in [0.2, 0.25) is 5.91 Å². The fourth-order valence-corrected chi connectivity index (χ4v) is 2.55. The van der Waals surface area contributed by atoms with Gasteiger partial charge < -0.3 is 15.0 Å². The van der Waals surface area contributed by atoms with Crippen LogP contribution >= 0.6 is 0 Å². The molecular weight excluding hydrogens is 304 g/mol. The highest BCUT2D eigenvalue weighted by Crippen LogP contribution is 2.13. The summed E-state index contributed by atoms with van der Waals surface area (Å²) in [4.78, 5) is 27.1. The second-order valence-electron chi connectivity index (χ2n) is 6.25. The molecule has 5 nitrogen and oxygen atoms in total. The minimum absolute atomic E-state index is 0.00411. The van der Waals surface area contributed by atoms with Gasteiger partial charge >= 0.3 is 0 Å². The molecule has 1 N–H and O–H groups in total. The Balaban J connectivity index is 2.86. The Hall–Kier alpha value is -2.04. The first kappa shape index (κ1) is 20.0. The molecule has 5 heteroatoms. The molecule has 0 fully saturated rings. The smallest absolute Gasteiger partial charge is 0.251 e. The number of hydrogen-bond acceptors (Lipinski definition) is 3. The number of ether oxygens (including phenoxy) is 1. The monoisotopic (exact) mass is 334 g/mol. The summed E-state index contributed by atoms with van der Waals surface area (Å²) in [7, 11) is 1.58. The number of carbonyl (C=O) groups is 2. The van der Waals surface area contributed by atoms with Crippen LogP contribution in [0.1, 0.15) is 50.9 Å². The van der Waals surface area contributed by atoms with Crippen molar-refractivity contribution in [1.82, 2.24) is 10.2 Å². The minimum Gasteiger partial charge on any atom is -0.497 e. The summed E-state index contributed by atoms with van der Waals surface area (Å²) in [5.74, 6) is 0.476. The van der Waals surface area contributed by atoms with Gasteiger partial charge in [0.25, 0.3) is 5.91 Å². The van der Waals surface area contributed by atoms with E-state index in [-0.39, 0.29) is 17.7 Å². The second kappa shape index (κ2) is 9.96. The Morgan fingerprint density at radius 1 is 1.08 bits per heavy atom. The molecule has 1 aromatic rings. The van der Waals surface area contributed by atoms with Crippen LogP contribution in [0, 0.1) is 5.92 Å². The van der Waals surface area contributed by atoms with Crippen LogP contribution in [0.2, 0.25) is 0 Å². The van der Waals surface area contributed by atoms with Crippen LogP contribution in [-0.2, 0) is 4.79 Å². The summed E-state index contributed by atoms with van der Waals surface area (Å²) in [6, 6.07) is 6.36. The molecule has 0 aromatic heterocycles. The highest BCUT2D eigenvalue weighted by molar-refractivity contribution is 5.97. The van der Waals surface area contributed by atoms with Gasteiger partial charge in [-0.05, 0) is 43.0 Å². The lowest BCUT2D eigenvalue weighted by molar-refractivity contribution is -0.134. The Kier molecular flexibility index (Phi) is 8.30. The van der Waals surface area contributed by atoms with Crippen LogP contribution in [0.25, 0.3) is 0 Å². The molecule has 1 atom stereocenters. The third-order valence-corrected chi connectivity index (χ3v) is 3.87. The quantitative estimate of drug-likeness (QED) is 0.755. The van der Waals surface area contributed by atoms with Crippen molar-refractivity contribution in [3.05, 3.63) is 29.8 Å². The van der Waals surface area contributed by atoms with E-state index in [1.165, 1.54) is 0 Å². The number of rotatable bonds is 9. The van der Waals surface area contributed by atoms with E-state index >= 15 is 0 Å². The first-order valence-electron chi connectivity index (χ1n) is 8.68. The van der Waals surface area contributed by atoms with Gasteiger partial charge in [0, 0.05) is 18.7 Å². The minimum atomic E-state index is -0.516. The maximum atomic E-state index is 12.8. The van der Waals surface area contributed by atoms with Crippen molar-refractivity contribution < 1.29 is 14.3 Å². The van der Waals surface area contributed by atoms with Gasteiger partial charge in [-0.25, -0.2) is 0 Å². The van der Waals surface area contributed by atoms with Crippen molar-refractivity contribution in [3.63, 3.8) is 0 Å². The van der Waals surface area contributed by atoms with E-state index in [1.807, 2.05) is 18.7 Å². The molecule has 2 amide bonds. The standard InChI is InChI=1S/C19H30N2O3/c1-6-12-21(13-7-2)19(23)17(14(3)4)20-18(22)15-8-10-16(24-5)11-9-15/h8-11,14,17H,6-7,12-13H2,1-5H3,(H,20,22). The highest BCUT2D eigenvalue weighted by Gasteiger charge is 2.28. The molecule has 0 aliphatic carbocycles. The number of carbonyl (C=O) groups excluding carboxylic acids is 2. The zero-order valence-electron chi connectivity index (χ0n) is 15.5. The third-order valence-electron chi connectivity index (χ3n) is 3.87. The Morgan fingerprint density at radius 2 is 1.62 bits per heavy atom. The van der Waals surface area contributed by atoms with Crippen LogP contribution in [0.5, 0.6) is 5.75 Å². The zero-order valence-corrected chi connectivity index (χ0v) is 15.5. The number of methoxy groups -OCH3 is 1. The van der Waals surface area contributed by atoms with Gasteiger partial charge in [0.05, 0.1) is 7.11 Å². The predicted molar refractivity (Wildman–Crippen MR) is 96.2 cm³/mol. The van der Waals surface area contributed by atoms with Crippen molar-refractivity contribution in [2.45, 2.75) is 46.6 Å². The fraction of sp³-hybridized carbons (Fsp3) is 0.579. The molecule has 0 heterocycles. The van der Waals surface area contributed by atoms with Crippen molar-refractivity contribution >= 4 is 11.8 Å². The molecule has 0 aliphatic rings. The number of benzene rings is 1. The van der Waals surface area contributed by atoms with Gasteiger partial charge in [0.15, 0.2) is 0 Å². The lowest BCUT2D eigenvalue weighted by Gasteiger charge is -2.29. The molecule has 0 saturated carbocycles. The summed E-state index contributed by atoms with van der Waals surface area (Å²) < 4.78 is 5.10. The number of hydrogen-bond donors (Lipinski definition) is 1. The first-order valence-corrected chi connectivity index (χ1v) is 8.68. The van der Waals surface area contributed by atoms with E-state index in [2.05, 4.69) is 19.2 Å². The highest BCUT2D eigenvalue weighted by atomic mass is 16.5. The first-order chi connectivity index (χ1) is 11.4. The SMILES string of the molecule is CCCN(CCC)C(=O)C(NC(=O)c1ccc(OC)cc1)C(C)C. The molecule has 0 spiro atoms.